The quantitative estimate of drug-likeness (QED) is 0.174. The lowest BCUT2D eigenvalue weighted by Gasteiger charge is -2.29. The number of aliphatic hydroxyl groups excluding tert-OH is 1. The molecule has 0 saturated heterocycles. The highest BCUT2D eigenvalue weighted by atomic mass is 16.5. The summed E-state index contributed by atoms with van der Waals surface area (Å²) in [6, 6.07) is 0. The molecule has 46 heavy (non-hydrogen) atoms. The highest BCUT2D eigenvalue weighted by Crippen LogP contribution is 2.28. The van der Waals surface area contributed by atoms with Crippen molar-refractivity contribution < 1.29 is 38.4 Å². The average Bonchev–Trinajstić information content (AvgIpc) is 3.02. The fraction of sp³-hybridized carbons (Fsp3) is 0.600. The van der Waals surface area contributed by atoms with Crippen molar-refractivity contribution in [2.24, 2.45) is 17.6 Å². The summed E-state index contributed by atoms with van der Waals surface area (Å²) in [4.78, 5) is 40.1. The number of ketones is 2. The molecule has 11 nitrogen and oxygen atoms in total. The maximum Gasteiger partial charge on any atom is 0.251 e. The van der Waals surface area contributed by atoms with Crippen molar-refractivity contribution in [3.05, 3.63) is 64.9 Å². The third kappa shape index (κ3) is 13.1. The second-order valence-corrected chi connectivity index (χ2v) is 11.9. The van der Waals surface area contributed by atoms with E-state index in [2.05, 4.69) is 10.6 Å². The number of hydrogen-bond donors (Lipinski definition) is 4. The van der Waals surface area contributed by atoms with Gasteiger partial charge in [-0.25, -0.2) is 0 Å². The van der Waals surface area contributed by atoms with E-state index in [0.29, 0.717) is 57.9 Å². The Balaban J connectivity index is 2.30. The second kappa shape index (κ2) is 21.0. The van der Waals surface area contributed by atoms with E-state index in [1.165, 1.54) is 6.08 Å². The van der Waals surface area contributed by atoms with Crippen molar-refractivity contribution >= 4 is 17.5 Å². The van der Waals surface area contributed by atoms with E-state index >= 15 is 0 Å². The minimum absolute atomic E-state index is 0.0739. The molecule has 1 radical (unpaired) electrons. The van der Waals surface area contributed by atoms with Crippen LogP contribution >= 0.6 is 0 Å². The number of Topliss-reactive ketones (excluding diaryl/α,β-unsaturated/α-hetero) is 1. The van der Waals surface area contributed by atoms with E-state index in [0.717, 1.165) is 12.0 Å². The van der Waals surface area contributed by atoms with E-state index in [1.807, 2.05) is 33.3 Å². The van der Waals surface area contributed by atoms with Gasteiger partial charge in [-0.1, -0.05) is 43.7 Å². The normalized spacial score (nSPS) is 28.6. The first-order valence-corrected chi connectivity index (χ1v) is 16.1. The monoisotopic (exact) mass is 644 g/mol. The summed E-state index contributed by atoms with van der Waals surface area (Å²) in [7, 11) is 3.14. The Morgan fingerprint density at radius 3 is 2.37 bits per heavy atom. The molecular weight excluding hydrogens is 590 g/mol. The fourth-order valence-electron chi connectivity index (χ4n) is 5.25. The predicted octanol–water partition coefficient (Wildman–Crippen LogP) is 2.86. The molecule has 0 unspecified atom stereocenters. The summed E-state index contributed by atoms with van der Waals surface area (Å²) in [5.74, 6) is -1.69. The summed E-state index contributed by atoms with van der Waals surface area (Å²) < 4.78 is 22.3. The van der Waals surface area contributed by atoms with Crippen LogP contribution in [0.15, 0.2) is 58.5 Å². The van der Waals surface area contributed by atoms with Gasteiger partial charge in [-0.15, -0.1) is 0 Å². The minimum Gasteiger partial charge on any atom is -0.390 e. The number of aliphatic hydroxyl groups is 1. The number of carbonyl (C=O) groups excluding carboxylic acids is 3. The highest BCUT2D eigenvalue weighted by molar-refractivity contribution is 6.23. The van der Waals surface area contributed by atoms with Gasteiger partial charge in [0.1, 0.15) is 0 Å². The van der Waals surface area contributed by atoms with Crippen LogP contribution in [0, 0.1) is 18.3 Å². The molecule has 0 fully saturated rings. The lowest BCUT2D eigenvalue weighted by molar-refractivity contribution is -0.120. The summed E-state index contributed by atoms with van der Waals surface area (Å²) in [5, 5.41) is 17.0. The van der Waals surface area contributed by atoms with Crippen LogP contribution in [-0.4, -0.2) is 94.6 Å². The van der Waals surface area contributed by atoms with Crippen LogP contribution in [0.3, 0.4) is 0 Å². The van der Waals surface area contributed by atoms with E-state index in [1.54, 1.807) is 39.4 Å². The van der Waals surface area contributed by atoms with Crippen LogP contribution < -0.4 is 16.4 Å². The number of ether oxygens (including phenoxy) is 4. The Hall–Kier alpha value is -2.93. The Bertz CT molecular complexity index is 1170. The average molecular weight is 645 g/mol. The largest absolute Gasteiger partial charge is 0.390 e. The summed E-state index contributed by atoms with van der Waals surface area (Å²) in [5.41, 5.74) is 7.16. The highest BCUT2D eigenvalue weighted by Gasteiger charge is 2.32. The van der Waals surface area contributed by atoms with Crippen LogP contribution in [0.2, 0.25) is 0 Å². The molecule has 1 heterocycles. The van der Waals surface area contributed by atoms with Crippen molar-refractivity contribution in [2.45, 2.75) is 71.7 Å². The molecule has 11 heteroatoms. The van der Waals surface area contributed by atoms with Crippen molar-refractivity contribution in [1.29, 1.82) is 0 Å². The van der Waals surface area contributed by atoms with E-state index < -0.39 is 29.7 Å². The van der Waals surface area contributed by atoms with Gasteiger partial charge in [0.15, 0.2) is 0 Å². The molecule has 5 N–H and O–H groups in total. The van der Waals surface area contributed by atoms with Gasteiger partial charge in [0.2, 0.25) is 11.6 Å². The third-order valence-corrected chi connectivity index (χ3v) is 7.86. The van der Waals surface area contributed by atoms with Gasteiger partial charge in [-0.2, -0.15) is 0 Å². The van der Waals surface area contributed by atoms with Gasteiger partial charge < -0.3 is 40.4 Å². The van der Waals surface area contributed by atoms with Crippen LogP contribution in [-0.2, 0) is 33.3 Å². The summed E-state index contributed by atoms with van der Waals surface area (Å²) in [6.07, 6.45) is 10.6. The molecule has 1 aliphatic carbocycles. The predicted molar refractivity (Wildman–Crippen MR) is 177 cm³/mol. The van der Waals surface area contributed by atoms with Crippen molar-refractivity contribution in [2.75, 3.05) is 53.7 Å². The molecule has 0 spiro atoms. The molecule has 257 valence electrons. The maximum atomic E-state index is 13.8. The molecule has 0 aromatic rings. The van der Waals surface area contributed by atoms with Crippen LogP contribution in [0.4, 0.5) is 0 Å². The molecule has 5 atom stereocenters. The SMILES string of the molecule is CO[C@@H]1[CH]/C(C)=C\[C@@H](C)[C@H](O)[C@H](OC)C[C@@H](C)CC2=C(NCCCOCCOCCCN)C(=O)C=C(NC(=O)/C(C)=C/C=C/1)C2=O. The van der Waals surface area contributed by atoms with Gasteiger partial charge in [-0.05, 0) is 52.0 Å². The topological polar surface area (TPSA) is 158 Å². The smallest absolute Gasteiger partial charge is 0.251 e. The molecule has 0 aromatic carbocycles. The number of hydrogen-bond acceptors (Lipinski definition) is 10. The lowest BCUT2D eigenvalue weighted by atomic mass is 9.85. The zero-order valence-electron chi connectivity index (χ0n) is 28.3. The minimum atomic E-state index is -0.809. The molecule has 0 aromatic heterocycles. The first-order chi connectivity index (χ1) is 22.0. The second-order valence-electron chi connectivity index (χ2n) is 11.9. The van der Waals surface area contributed by atoms with E-state index in [4.69, 9.17) is 24.7 Å². The van der Waals surface area contributed by atoms with Crippen LogP contribution in [0.5, 0.6) is 0 Å². The lowest BCUT2D eigenvalue weighted by Crippen LogP contribution is -2.37. The van der Waals surface area contributed by atoms with Crippen molar-refractivity contribution in [3.63, 3.8) is 0 Å². The van der Waals surface area contributed by atoms with Gasteiger partial charge in [-0.3, -0.25) is 14.4 Å². The zero-order valence-corrected chi connectivity index (χ0v) is 28.3. The third-order valence-electron chi connectivity index (χ3n) is 7.86. The number of allylic oxidation sites excluding steroid dienone is 4. The molecule has 2 rings (SSSR count). The first kappa shape index (κ1) is 39.2. The Morgan fingerprint density at radius 2 is 1.72 bits per heavy atom. The molecule has 2 aliphatic rings. The number of rotatable bonds is 13. The fourth-order valence-corrected chi connectivity index (χ4v) is 5.25. The van der Waals surface area contributed by atoms with Gasteiger partial charge in [0.05, 0.1) is 42.9 Å². The number of methoxy groups -OCH3 is 2. The summed E-state index contributed by atoms with van der Waals surface area (Å²) >= 11 is 0. The van der Waals surface area contributed by atoms with E-state index in [-0.39, 0.29) is 41.3 Å². The first-order valence-electron chi connectivity index (χ1n) is 16.1. The number of amides is 1. The standard InChI is InChI=1S/C35H54N3O8/c1-23-18-26(4)33(40)31(44-6)21-24(2)20-28-32(37-13-9-15-46-17-16-45-14-8-12-36)30(39)22-29(34(28)41)38-35(42)25(3)10-7-11-27(19-23)43-5/h7,10-11,18-19,22,24,26-27,31,33,37,40H,8-9,12-17,20-21,36H2,1-6H3,(H,38,42)/b11-7+,23-18-,25-10+/t24-,26+,27-,31+,33-/m0/s1. The molecule has 1 aliphatic heterocycles. The van der Waals surface area contributed by atoms with Crippen LogP contribution in [0.25, 0.3) is 0 Å². The number of fused-ring (bicyclic) bond motifs is 2. The molecule has 1 amide bonds. The number of nitrogens with one attached hydrogen (secondary N) is 2. The van der Waals surface area contributed by atoms with E-state index in [9.17, 15) is 19.5 Å². The summed E-state index contributed by atoms with van der Waals surface area (Å²) in [6.45, 7) is 10.4. The van der Waals surface area contributed by atoms with Gasteiger partial charge in [0, 0.05) is 63.5 Å². The van der Waals surface area contributed by atoms with Gasteiger partial charge >= 0.3 is 0 Å². The molecular formula is C35H54N3O8. The van der Waals surface area contributed by atoms with Crippen molar-refractivity contribution in [1.82, 2.24) is 10.6 Å². The van der Waals surface area contributed by atoms with Gasteiger partial charge in [0.25, 0.3) is 5.91 Å². The Labute approximate surface area is 274 Å². The Kier molecular flexibility index (Phi) is 18.0. The van der Waals surface area contributed by atoms with Crippen LogP contribution in [0.1, 0.15) is 53.4 Å². The Morgan fingerprint density at radius 1 is 1.02 bits per heavy atom. The maximum absolute atomic E-state index is 13.8. The molecule has 2 bridgehead atoms. The molecule has 0 saturated carbocycles. The number of nitrogens with two attached hydrogens (primary N) is 1. The number of carbonyl (C=O) groups is 3. The van der Waals surface area contributed by atoms with Crippen molar-refractivity contribution in [3.8, 4) is 0 Å². The zero-order chi connectivity index (χ0) is 34.1.